The van der Waals surface area contributed by atoms with E-state index in [1.807, 2.05) is 47.4 Å². The lowest BCUT2D eigenvalue weighted by molar-refractivity contribution is 0.0788. The number of hydrogen-bond acceptors (Lipinski definition) is 4. The van der Waals surface area contributed by atoms with Gasteiger partial charge in [-0.05, 0) is 48.9 Å². The van der Waals surface area contributed by atoms with Crippen molar-refractivity contribution in [2.75, 3.05) is 13.1 Å². The third kappa shape index (κ3) is 2.92. The van der Waals surface area contributed by atoms with Gasteiger partial charge in [0, 0.05) is 29.3 Å². The molecule has 0 unspecified atom stereocenters. The van der Waals surface area contributed by atoms with Crippen LogP contribution >= 0.6 is 15.9 Å². The van der Waals surface area contributed by atoms with Gasteiger partial charge in [0.1, 0.15) is 17.6 Å². The van der Waals surface area contributed by atoms with E-state index in [-0.39, 0.29) is 11.9 Å². The first-order valence-electron chi connectivity index (χ1n) is 9.11. The molecule has 1 atom stereocenters. The molecule has 5 rings (SSSR count). The third-order valence-corrected chi connectivity index (χ3v) is 5.66. The highest BCUT2D eigenvalue weighted by molar-refractivity contribution is 9.10. The van der Waals surface area contributed by atoms with E-state index in [2.05, 4.69) is 25.5 Å². The second-order valence-corrected chi connectivity index (χ2v) is 7.78. The normalized spacial score (nSPS) is 16.8. The summed E-state index contributed by atoms with van der Waals surface area (Å²) in [4.78, 5) is 24.1. The molecule has 0 N–H and O–H groups in total. The highest BCUT2D eigenvalue weighted by Crippen LogP contribution is 2.32. The number of carbonyl (C=O) groups is 1. The maximum absolute atomic E-state index is 12.9. The van der Waals surface area contributed by atoms with Crippen LogP contribution in [0.1, 0.15) is 22.8 Å². The van der Waals surface area contributed by atoms with E-state index in [0.29, 0.717) is 18.7 Å². The highest BCUT2D eigenvalue weighted by Gasteiger charge is 2.31. The number of rotatable bonds is 3. The molecule has 1 amide bonds. The van der Waals surface area contributed by atoms with Crippen LogP contribution in [-0.2, 0) is 0 Å². The number of carbonyl (C=O) groups excluding carboxylic acids is 1. The molecule has 1 saturated heterocycles. The minimum Gasteiger partial charge on any atom is -0.472 e. The Morgan fingerprint density at radius 3 is 2.82 bits per heavy atom. The molecule has 0 aliphatic carbocycles. The molecule has 28 heavy (non-hydrogen) atoms. The highest BCUT2D eigenvalue weighted by atomic mass is 79.9. The summed E-state index contributed by atoms with van der Waals surface area (Å²) < 4.78 is 8.38. The van der Waals surface area contributed by atoms with Gasteiger partial charge >= 0.3 is 0 Å². The van der Waals surface area contributed by atoms with Gasteiger partial charge in [-0.1, -0.05) is 15.9 Å². The van der Waals surface area contributed by atoms with Crippen molar-refractivity contribution in [3.05, 3.63) is 71.2 Å². The number of fused-ring (bicyclic) bond motifs is 1. The van der Waals surface area contributed by atoms with Crippen LogP contribution < -0.4 is 0 Å². The van der Waals surface area contributed by atoms with Crippen LogP contribution in [0.4, 0.5) is 0 Å². The lowest BCUT2D eigenvalue weighted by Crippen LogP contribution is -2.29. The minimum atomic E-state index is 0.0530. The number of furan rings is 1. The molecule has 1 fully saturated rings. The molecule has 1 aliphatic rings. The van der Waals surface area contributed by atoms with Crippen LogP contribution in [0.25, 0.3) is 22.6 Å². The molecule has 140 valence electrons. The fourth-order valence-corrected chi connectivity index (χ4v) is 4.05. The fraction of sp³-hybridized carbons (Fsp3) is 0.190. The average molecular weight is 437 g/mol. The summed E-state index contributed by atoms with van der Waals surface area (Å²) in [7, 11) is 0. The number of imidazole rings is 1. The van der Waals surface area contributed by atoms with E-state index in [1.165, 1.54) is 0 Å². The Balaban J connectivity index is 1.49. The number of nitrogens with zero attached hydrogens (tertiary/aromatic N) is 4. The van der Waals surface area contributed by atoms with Gasteiger partial charge in [-0.15, -0.1) is 0 Å². The quantitative estimate of drug-likeness (QED) is 0.472. The lowest BCUT2D eigenvalue weighted by atomic mass is 10.2. The maximum atomic E-state index is 12.9. The summed E-state index contributed by atoms with van der Waals surface area (Å²) >= 11 is 3.41. The molecule has 4 heterocycles. The number of pyridine rings is 1. The largest absolute Gasteiger partial charge is 0.472 e. The van der Waals surface area contributed by atoms with Crippen molar-refractivity contribution in [1.82, 2.24) is 19.4 Å². The Morgan fingerprint density at radius 2 is 2.04 bits per heavy atom. The molecule has 3 aromatic heterocycles. The van der Waals surface area contributed by atoms with Crippen LogP contribution in [0.3, 0.4) is 0 Å². The SMILES string of the molecule is O=C(c1ccc(Br)cc1)N1CC[C@H](n2c(-c3ccoc3)nc3cccnc32)C1. The minimum absolute atomic E-state index is 0.0530. The van der Waals surface area contributed by atoms with Gasteiger partial charge in [0.25, 0.3) is 5.91 Å². The van der Waals surface area contributed by atoms with Crippen LogP contribution in [0.5, 0.6) is 0 Å². The Kier molecular flexibility index (Phi) is 4.24. The van der Waals surface area contributed by atoms with Gasteiger partial charge in [-0.3, -0.25) is 4.79 Å². The molecular formula is C21H17BrN4O2. The predicted molar refractivity (Wildman–Crippen MR) is 109 cm³/mol. The standard InChI is InChI=1S/C21H17BrN4O2/c22-16-5-3-14(4-6-16)21(27)25-10-7-17(12-25)26-19(15-8-11-28-13-15)24-18-2-1-9-23-20(18)26/h1-6,8-9,11,13,17H,7,10,12H2/t17-/m0/s1. The Morgan fingerprint density at radius 1 is 1.18 bits per heavy atom. The monoisotopic (exact) mass is 436 g/mol. The number of amides is 1. The number of aromatic nitrogens is 3. The Hall–Kier alpha value is -2.93. The summed E-state index contributed by atoms with van der Waals surface area (Å²) in [6, 6.07) is 13.4. The van der Waals surface area contributed by atoms with Crippen LogP contribution in [0.15, 0.2) is 70.1 Å². The molecule has 0 spiro atoms. The first-order chi connectivity index (χ1) is 13.7. The van der Waals surface area contributed by atoms with Crippen molar-refractivity contribution < 1.29 is 9.21 Å². The summed E-state index contributed by atoms with van der Waals surface area (Å²) in [6.07, 6.45) is 5.97. The van der Waals surface area contributed by atoms with Crippen molar-refractivity contribution in [1.29, 1.82) is 0 Å². The summed E-state index contributed by atoms with van der Waals surface area (Å²) in [5.41, 5.74) is 3.29. The Labute approximate surface area is 169 Å². The van der Waals surface area contributed by atoms with Gasteiger partial charge in [0.2, 0.25) is 0 Å². The summed E-state index contributed by atoms with van der Waals surface area (Å²) in [5.74, 6) is 0.877. The van der Waals surface area contributed by atoms with E-state index >= 15 is 0 Å². The van der Waals surface area contributed by atoms with Crippen molar-refractivity contribution in [3.8, 4) is 11.4 Å². The second-order valence-electron chi connectivity index (χ2n) is 6.86. The number of likely N-dealkylation sites (tertiary alicyclic amines) is 1. The van der Waals surface area contributed by atoms with E-state index < -0.39 is 0 Å². The van der Waals surface area contributed by atoms with Gasteiger partial charge < -0.3 is 13.9 Å². The first kappa shape index (κ1) is 17.2. The predicted octanol–water partition coefficient (Wildman–Crippen LogP) is 4.54. The smallest absolute Gasteiger partial charge is 0.253 e. The molecule has 6 nitrogen and oxygen atoms in total. The number of hydrogen-bond donors (Lipinski definition) is 0. The molecule has 1 aliphatic heterocycles. The van der Waals surface area contributed by atoms with Gasteiger partial charge in [0.15, 0.2) is 5.65 Å². The van der Waals surface area contributed by atoms with Crippen LogP contribution in [-0.4, -0.2) is 38.4 Å². The summed E-state index contributed by atoms with van der Waals surface area (Å²) in [5, 5.41) is 0. The zero-order valence-corrected chi connectivity index (χ0v) is 16.5. The zero-order valence-electron chi connectivity index (χ0n) is 15.0. The number of benzene rings is 1. The Bertz CT molecular complexity index is 1140. The molecule has 4 aromatic rings. The maximum Gasteiger partial charge on any atom is 0.253 e. The molecule has 1 aromatic carbocycles. The van der Waals surface area contributed by atoms with Crippen molar-refractivity contribution >= 4 is 33.0 Å². The van der Waals surface area contributed by atoms with Crippen molar-refractivity contribution in [2.45, 2.75) is 12.5 Å². The van der Waals surface area contributed by atoms with Crippen LogP contribution in [0, 0.1) is 0 Å². The lowest BCUT2D eigenvalue weighted by Gasteiger charge is -2.18. The van der Waals surface area contributed by atoms with E-state index in [9.17, 15) is 4.79 Å². The van der Waals surface area contributed by atoms with Crippen molar-refractivity contribution in [3.63, 3.8) is 0 Å². The third-order valence-electron chi connectivity index (χ3n) is 5.14. The van der Waals surface area contributed by atoms with Gasteiger partial charge in [-0.25, -0.2) is 9.97 Å². The van der Waals surface area contributed by atoms with E-state index in [4.69, 9.17) is 9.40 Å². The molecular weight excluding hydrogens is 420 g/mol. The number of halogens is 1. The van der Waals surface area contributed by atoms with Gasteiger partial charge in [0.05, 0.1) is 17.9 Å². The zero-order chi connectivity index (χ0) is 19.1. The van der Waals surface area contributed by atoms with Gasteiger partial charge in [-0.2, -0.15) is 0 Å². The molecule has 0 radical (unpaired) electrons. The van der Waals surface area contributed by atoms with E-state index in [1.54, 1.807) is 18.7 Å². The molecule has 7 heteroatoms. The topological polar surface area (TPSA) is 64.2 Å². The fourth-order valence-electron chi connectivity index (χ4n) is 3.78. The van der Waals surface area contributed by atoms with Crippen molar-refractivity contribution in [2.24, 2.45) is 0 Å². The molecule has 0 bridgehead atoms. The average Bonchev–Trinajstić information content (AvgIpc) is 3.46. The van der Waals surface area contributed by atoms with Crippen LogP contribution in [0.2, 0.25) is 0 Å². The summed E-state index contributed by atoms with van der Waals surface area (Å²) in [6.45, 7) is 1.33. The molecule has 0 saturated carbocycles. The second kappa shape index (κ2) is 6.91. The van der Waals surface area contributed by atoms with E-state index in [0.717, 1.165) is 33.4 Å². The first-order valence-corrected chi connectivity index (χ1v) is 9.90.